The van der Waals surface area contributed by atoms with E-state index in [4.69, 9.17) is 4.42 Å². The Kier molecular flexibility index (Phi) is 3.02. The fraction of sp³-hybridized carbons (Fsp3) is 0.643. The van der Waals surface area contributed by atoms with Gasteiger partial charge in [0.25, 0.3) is 0 Å². The molecule has 1 atom stereocenters. The summed E-state index contributed by atoms with van der Waals surface area (Å²) in [5, 5.41) is 3.09. The average Bonchev–Trinajstić information content (AvgIpc) is 2.56. The lowest BCUT2D eigenvalue weighted by Crippen LogP contribution is -2.35. The molecule has 1 aliphatic carbocycles. The summed E-state index contributed by atoms with van der Waals surface area (Å²) in [6.45, 7) is 8.28. The molecule has 1 aliphatic rings. The molecule has 94 valence electrons. The van der Waals surface area contributed by atoms with Crippen LogP contribution < -0.4 is 5.32 Å². The van der Waals surface area contributed by atoms with E-state index in [1.165, 1.54) is 5.56 Å². The van der Waals surface area contributed by atoms with E-state index in [9.17, 15) is 4.79 Å². The van der Waals surface area contributed by atoms with Gasteiger partial charge in [-0.25, -0.2) is 0 Å². The van der Waals surface area contributed by atoms with Crippen LogP contribution in [0, 0.1) is 12.3 Å². The Morgan fingerprint density at radius 1 is 1.59 bits per heavy atom. The van der Waals surface area contributed by atoms with Crippen LogP contribution in [-0.4, -0.2) is 5.91 Å². The first-order chi connectivity index (χ1) is 7.91. The second-order valence-corrected chi connectivity index (χ2v) is 5.75. The Labute approximate surface area is 103 Å². The normalized spacial score (nSPS) is 22.0. The largest absolute Gasteiger partial charge is 0.466 e. The highest BCUT2D eigenvalue weighted by molar-refractivity contribution is 5.76. The van der Waals surface area contributed by atoms with Crippen molar-refractivity contribution in [3.63, 3.8) is 0 Å². The summed E-state index contributed by atoms with van der Waals surface area (Å²) in [5.74, 6) is 2.08. The van der Waals surface area contributed by atoms with Gasteiger partial charge in [0.2, 0.25) is 5.91 Å². The van der Waals surface area contributed by atoms with Gasteiger partial charge < -0.3 is 9.73 Å². The van der Waals surface area contributed by atoms with Crippen LogP contribution in [0.25, 0.3) is 0 Å². The smallest absolute Gasteiger partial charge is 0.220 e. The van der Waals surface area contributed by atoms with Crippen molar-refractivity contribution >= 4 is 5.91 Å². The predicted molar refractivity (Wildman–Crippen MR) is 66.7 cm³/mol. The van der Waals surface area contributed by atoms with Gasteiger partial charge in [0.05, 0.1) is 6.04 Å². The van der Waals surface area contributed by atoms with Gasteiger partial charge >= 0.3 is 0 Å². The highest BCUT2D eigenvalue weighted by Crippen LogP contribution is 2.41. The van der Waals surface area contributed by atoms with Crippen LogP contribution in [0.15, 0.2) is 10.5 Å². The number of hydrogen-bond acceptors (Lipinski definition) is 2. The van der Waals surface area contributed by atoms with E-state index in [2.05, 4.69) is 25.2 Å². The molecule has 0 radical (unpaired) electrons. The number of hydrogen-bond donors (Lipinski definition) is 1. The fourth-order valence-corrected chi connectivity index (χ4v) is 2.61. The highest BCUT2D eigenvalue weighted by atomic mass is 16.3. The molecule has 17 heavy (non-hydrogen) atoms. The van der Waals surface area contributed by atoms with E-state index < -0.39 is 0 Å². The van der Waals surface area contributed by atoms with Crippen molar-refractivity contribution in [3.8, 4) is 0 Å². The molecule has 1 amide bonds. The third-order valence-electron chi connectivity index (χ3n) is 3.39. The van der Waals surface area contributed by atoms with Crippen molar-refractivity contribution in [2.45, 2.75) is 53.0 Å². The van der Waals surface area contributed by atoms with E-state index in [0.29, 0.717) is 6.42 Å². The molecule has 2 rings (SSSR count). The van der Waals surface area contributed by atoms with Crippen molar-refractivity contribution in [1.29, 1.82) is 0 Å². The van der Waals surface area contributed by atoms with E-state index in [1.807, 2.05) is 13.8 Å². The third-order valence-corrected chi connectivity index (χ3v) is 3.39. The maximum atomic E-state index is 11.6. The standard InChI is InChI=1S/C14H21NO2/c1-5-13(16)15-11-7-14(3,4)8-12-10(11)6-9(2)17-12/h6,11H,5,7-8H2,1-4H3,(H,15,16)/t11-/m1/s1. The molecule has 0 saturated heterocycles. The lowest BCUT2D eigenvalue weighted by atomic mass is 9.74. The third kappa shape index (κ3) is 2.54. The number of amides is 1. The number of carbonyl (C=O) groups is 1. The molecule has 0 aromatic carbocycles. The van der Waals surface area contributed by atoms with E-state index >= 15 is 0 Å². The van der Waals surface area contributed by atoms with Crippen molar-refractivity contribution < 1.29 is 9.21 Å². The molecule has 0 unspecified atom stereocenters. The number of aryl methyl sites for hydroxylation is 1. The molecular formula is C14H21NO2. The van der Waals surface area contributed by atoms with Gasteiger partial charge in [0, 0.05) is 18.4 Å². The summed E-state index contributed by atoms with van der Waals surface area (Å²) in [6.07, 6.45) is 2.46. The van der Waals surface area contributed by atoms with Crippen molar-refractivity contribution in [1.82, 2.24) is 5.32 Å². The molecule has 0 fully saturated rings. The van der Waals surface area contributed by atoms with Gasteiger partial charge in [-0.2, -0.15) is 0 Å². The molecule has 1 aromatic rings. The molecule has 1 N–H and O–H groups in total. The number of rotatable bonds is 2. The minimum absolute atomic E-state index is 0.109. The zero-order valence-electron chi connectivity index (χ0n) is 11.1. The van der Waals surface area contributed by atoms with Gasteiger partial charge in [-0.05, 0) is 24.8 Å². The van der Waals surface area contributed by atoms with E-state index in [-0.39, 0.29) is 17.4 Å². The van der Waals surface area contributed by atoms with Crippen LogP contribution in [0.1, 0.15) is 56.7 Å². The molecule has 1 heterocycles. The quantitative estimate of drug-likeness (QED) is 0.855. The highest BCUT2D eigenvalue weighted by Gasteiger charge is 2.35. The first kappa shape index (κ1) is 12.2. The maximum Gasteiger partial charge on any atom is 0.220 e. The number of fused-ring (bicyclic) bond motifs is 1. The second kappa shape index (κ2) is 4.21. The second-order valence-electron chi connectivity index (χ2n) is 5.75. The summed E-state index contributed by atoms with van der Waals surface area (Å²) >= 11 is 0. The lowest BCUT2D eigenvalue weighted by molar-refractivity contribution is -0.121. The maximum absolute atomic E-state index is 11.6. The predicted octanol–water partition coefficient (Wildman–Crippen LogP) is 3.13. The molecule has 0 aliphatic heterocycles. The van der Waals surface area contributed by atoms with Gasteiger partial charge in [-0.1, -0.05) is 20.8 Å². The lowest BCUT2D eigenvalue weighted by Gasteiger charge is -2.34. The van der Waals surface area contributed by atoms with Crippen molar-refractivity contribution in [2.75, 3.05) is 0 Å². The van der Waals surface area contributed by atoms with Gasteiger partial charge in [0.15, 0.2) is 0 Å². The molecule has 0 bridgehead atoms. The summed E-state index contributed by atoms with van der Waals surface area (Å²) in [4.78, 5) is 11.6. The van der Waals surface area contributed by atoms with Crippen LogP contribution in [-0.2, 0) is 11.2 Å². The Bertz CT molecular complexity index is 431. The van der Waals surface area contributed by atoms with E-state index in [1.54, 1.807) is 0 Å². The summed E-state index contributed by atoms with van der Waals surface area (Å²) in [5.41, 5.74) is 1.35. The molecule has 0 saturated carbocycles. The Hall–Kier alpha value is -1.25. The molecule has 3 nitrogen and oxygen atoms in total. The number of carbonyl (C=O) groups excluding carboxylic acids is 1. The summed E-state index contributed by atoms with van der Waals surface area (Å²) in [6, 6.07) is 2.17. The SMILES string of the molecule is CCC(=O)N[C@@H]1CC(C)(C)Cc2oc(C)cc21. The minimum Gasteiger partial charge on any atom is -0.466 e. The van der Waals surface area contributed by atoms with Gasteiger partial charge in [-0.3, -0.25) is 4.79 Å². The number of nitrogens with one attached hydrogen (secondary N) is 1. The molecule has 3 heteroatoms. The van der Waals surface area contributed by atoms with Crippen LogP contribution in [0.5, 0.6) is 0 Å². The first-order valence-electron chi connectivity index (χ1n) is 6.30. The first-order valence-corrected chi connectivity index (χ1v) is 6.30. The van der Waals surface area contributed by atoms with Crippen LogP contribution in [0.3, 0.4) is 0 Å². The van der Waals surface area contributed by atoms with E-state index in [0.717, 1.165) is 24.4 Å². The fourth-order valence-electron chi connectivity index (χ4n) is 2.61. The Balaban J connectivity index is 2.29. The minimum atomic E-state index is 0.109. The summed E-state index contributed by atoms with van der Waals surface area (Å²) < 4.78 is 5.74. The zero-order chi connectivity index (χ0) is 12.6. The van der Waals surface area contributed by atoms with Gasteiger partial charge in [-0.15, -0.1) is 0 Å². The topological polar surface area (TPSA) is 42.2 Å². The van der Waals surface area contributed by atoms with Gasteiger partial charge in [0.1, 0.15) is 11.5 Å². The van der Waals surface area contributed by atoms with Crippen LogP contribution in [0.4, 0.5) is 0 Å². The molecule has 1 aromatic heterocycles. The molecular weight excluding hydrogens is 214 g/mol. The average molecular weight is 235 g/mol. The van der Waals surface area contributed by atoms with Crippen LogP contribution >= 0.6 is 0 Å². The Morgan fingerprint density at radius 2 is 2.29 bits per heavy atom. The number of furan rings is 1. The zero-order valence-corrected chi connectivity index (χ0v) is 11.1. The monoisotopic (exact) mass is 235 g/mol. The van der Waals surface area contributed by atoms with Crippen LogP contribution in [0.2, 0.25) is 0 Å². The summed E-state index contributed by atoms with van der Waals surface area (Å²) in [7, 11) is 0. The molecule has 0 spiro atoms. The Morgan fingerprint density at radius 3 is 2.94 bits per heavy atom. The van der Waals surface area contributed by atoms with Crippen molar-refractivity contribution in [2.24, 2.45) is 5.41 Å². The van der Waals surface area contributed by atoms with Crippen molar-refractivity contribution in [3.05, 3.63) is 23.2 Å².